The van der Waals surface area contributed by atoms with E-state index in [2.05, 4.69) is 15.6 Å². The minimum absolute atomic E-state index is 0.204. The van der Waals surface area contributed by atoms with Crippen LogP contribution in [-0.2, 0) is 0 Å². The number of amidine groups is 1. The van der Waals surface area contributed by atoms with Gasteiger partial charge in [-0.1, -0.05) is 12.1 Å². The number of anilines is 2. The Morgan fingerprint density at radius 2 is 1.72 bits per heavy atom. The van der Waals surface area contributed by atoms with Crippen LogP contribution in [0, 0.1) is 17.5 Å². The number of carbonyl (C=O) groups is 1. The highest BCUT2D eigenvalue weighted by Gasteiger charge is 2.13. The van der Waals surface area contributed by atoms with Crippen LogP contribution in [0.2, 0.25) is 0 Å². The number of nitrogens with two attached hydrogens (primary N) is 1. The summed E-state index contributed by atoms with van der Waals surface area (Å²) >= 11 is 0. The number of benzene rings is 2. The summed E-state index contributed by atoms with van der Waals surface area (Å²) in [5.74, 6) is -3.86. The van der Waals surface area contributed by atoms with Gasteiger partial charge < -0.3 is 16.4 Å². The molecule has 0 bridgehead atoms. The van der Waals surface area contributed by atoms with Gasteiger partial charge in [0, 0.05) is 36.1 Å². The maximum absolute atomic E-state index is 13.2. The van der Waals surface area contributed by atoms with E-state index >= 15 is 0 Å². The fourth-order valence-electron chi connectivity index (χ4n) is 2.34. The first-order chi connectivity index (χ1) is 11.9. The Balaban J connectivity index is 1.69. The van der Waals surface area contributed by atoms with Gasteiger partial charge in [0.1, 0.15) is 5.84 Å². The second kappa shape index (κ2) is 6.68. The summed E-state index contributed by atoms with van der Waals surface area (Å²) in [6.07, 6.45) is 2.17. The van der Waals surface area contributed by atoms with E-state index in [0.717, 1.165) is 11.1 Å². The summed E-state index contributed by atoms with van der Waals surface area (Å²) in [7, 11) is 0. The van der Waals surface area contributed by atoms with Crippen molar-refractivity contribution in [3.8, 4) is 0 Å². The Morgan fingerprint density at radius 3 is 2.36 bits per heavy atom. The number of aliphatic imine (C=N–C) groups is 1. The zero-order chi connectivity index (χ0) is 18.0. The molecule has 3 rings (SSSR count). The number of hydrogen-bond acceptors (Lipinski definition) is 3. The molecule has 0 saturated heterocycles. The molecule has 0 aromatic heterocycles. The van der Waals surface area contributed by atoms with Crippen molar-refractivity contribution in [3.63, 3.8) is 0 Å². The van der Waals surface area contributed by atoms with Crippen LogP contribution in [0.1, 0.15) is 12.0 Å². The predicted molar refractivity (Wildman–Crippen MR) is 89.6 cm³/mol. The van der Waals surface area contributed by atoms with E-state index < -0.39 is 23.5 Å². The summed E-state index contributed by atoms with van der Waals surface area (Å²) in [5.41, 5.74) is 7.63. The molecule has 2 aromatic rings. The number of nitrogens with one attached hydrogen (secondary N) is 2. The van der Waals surface area contributed by atoms with E-state index in [-0.39, 0.29) is 5.69 Å². The molecule has 1 aliphatic heterocycles. The van der Waals surface area contributed by atoms with Gasteiger partial charge in [-0.3, -0.25) is 0 Å². The van der Waals surface area contributed by atoms with Crippen molar-refractivity contribution in [3.05, 3.63) is 65.6 Å². The van der Waals surface area contributed by atoms with Gasteiger partial charge in [-0.05, 0) is 23.3 Å². The van der Waals surface area contributed by atoms with E-state index in [1.54, 1.807) is 24.4 Å². The third kappa shape index (κ3) is 3.79. The van der Waals surface area contributed by atoms with Crippen LogP contribution in [0.15, 0.2) is 47.6 Å². The smallest absolute Gasteiger partial charge is 0.323 e. The van der Waals surface area contributed by atoms with Crippen LogP contribution in [0.5, 0.6) is 0 Å². The normalized spacial score (nSPS) is 13.2. The van der Waals surface area contributed by atoms with E-state index in [9.17, 15) is 18.0 Å². The second-order valence-corrected chi connectivity index (χ2v) is 5.37. The van der Waals surface area contributed by atoms with Crippen LogP contribution in [0.4, 0.5) is 29.3 Å². The van der Waals surface area contributed by atoms with Gasteiger partial charge in [0.05, 0.1) is 0 Å². The SMILES string of the molecule is NC1=NC=C(c2cccc(NC(=O)Nc3cc(F)c(F)c(F)c3)c2)C1. The largest absolute Gasteiger partial charge is 0.387 e. The first-order valence-electron chi connectivity index (χ1n) is 7.26. The number of carbonyl (C=O) groups excluding carboxylic acids is 1. The van der Waals surface area contributed by atoms with Crippen LogP contribution in [0.3, 0.4) is 0 Å². The van der Waals surface area contributed by atoms with E-state index in [1.165, 1.54) is 0 Å². The van der Waals surface area contributed by atoms with Crippen molar-refractivity contribution in [2.45, 2.75) is 6.42 Å². The summed E-state index contributed by atoms with van der Waals surface area (Å²) in [6, 6.07) is 7.60. The van der Waals surface area contributed by atoms with Gasteiger partial charge in [0.2, 0.25) is 0 Å². The Bertz CT molecular complexity index is 886. The molecular weight excluding hydrogens is 333 g/mol. The molecule has 0 spiro atoms. The quantitative estimate of drug-likeness (QED) is 0.738. The fourth-order valence-corrected chi connectivity index (χ4v) is 2.34. The van der Waals surface area contributed by atoms with Crippen LogP contribution >= 0.6 is 0 Å². The van der Waals surface area contributed by atoms with Crippen LogP contribution in [0.25, 0.3) is 5.57 Å². The molecule has 8 heteroatoms. The Kier molecular flexibility index (Phi) is 4.42. The summed E-state index contributed by atoms with van der Waals surface area (Å²) in [5, 5.41) is 4.78. The molecule has 5 nitrogen and oxygen atoms in total. The Morgan fingerprint density at radius 1 is 1.04 bits per heavy atom. The van der Waals surface area contributed by atoms with Gasteiger partial charge in [0.15, 0.2) is 17.5 Å². The highest BCUT2D eigenvalue weighted by Crippen LogP contribution is 2.25. The van der Waals surface area contributed by atoms with Gasteiger partial charge >= 0.3 is 6.03 Å². The zero-order valence-corrected chi connectivity index (χ0v) is 12.8. The van der Waals surface area contributed by atoms with Crippen LogP contribution in [-0.4, -0.2) is 11.9 Å². The average Bonchev–Trinajstić information content (AvgIpc) is 2.99. The molecule has 1 heterocycles. The molecule has 0 radical (unpaired) electrons. The number of amides is 2. The minimum Gasteiger partial charge on any atom is -0.387 e. The van der Waals surface area contributed by atoms with Gasteiger partial charge in [-0.15, -0.1) is 0 Å². The minimum atomic E-state index is -1.59. The maximum Gasteiger partial charge on any atom is 0.323 e. The Hall–Kier alpha value is -3.29. The monoisotopic (exact) mass is 346 g/mol. The fraction of sp³-hybridized carbons (Fsp3) is 0.0588. The van der Waals surface area contributed by atoms with Crippen LogP contribution < -0.4 is 16.4 Å². The van der Waals surface area contributed by atoms with Gasteiger partial charge in [-0.2, -0.15) is 0 Å². The average molecular weight is 346 g/mol. The first-order valence-corrected chi connectivity index (χ1v) is 7.26. The molecule has 0 saturated carbocycles. The molecule has 0 unspecified atom stereocenters. The molecule has 0 aliphatic carbocycles. The van der Waals surface area contributed by atoms with Crippen molar-refractivity contribution in [2.75, 3.05) is 10.6 Å². The van der Waals surface area contributed by atoms with Crippen molar-refractivity contribution in [2.24, 2.45) is 10.7 Å². The lowest BCUT2D eigenvalue weighted by molar-refractivity contribution is 0.262. The molecule has 0 fully saturated rings. The first kappa shape index (κ1) is 16.6. The van der Waals surface area contributed by atoms with Crippen molar-refractivity contribution < 1.29 is 18.0 Å². The third-order valence-corrected chi connectivity index (χ3v) is 3.49. The number of nitrogens with zero attached hydrogens (tertiary/aromatic N) is 1. The molecule has 2 amide bonds. The summed E-state index contributed by atoms with van der Waals surface area (Å²) < 4.78 is 39.2. The highest BCUT2D eigenvalue weighted by atomic mass is 19.2. The lowest BCUT2D eigenvalue weighted by atomic mass is 10.0. The number of rotatable bonds is 3. The number of halogens is 3. The van der Waals surface area contributed by atoms with Crippen molar-refractivity contribution in [1.29, 1.82) is 0 Å². The topological polar surface area (TPSA) is 79.5 Å². The standard InChI is InChI=1S/C17H13F3N4O/c18-13-6-12(7-14(19)16(13)20)24-17(25)23-11-3-1-2-9(4-11)10-5-15(21)22-8-10/h1-4,6-8H,5H2,(H2,21,22)(H2,23,24,25). The third-order valence-electron chi connectivity index (χ3n) is 3.49. The second-order valence-electron chi connectivity index (χ2n) is 5.37. The molecule has 25 heavy (non-hydrogen) atoms. The van der Waals surface area contributed by atoms with E-state index in [1.807, 2.05) is 6.07 Å². The molecule has 2 aromatic carbocycles. The predicted octanol–water partition coefficient (Wildman–Crippen LogP) is 3.85. The van der Waals surface area contributed by atoms with E-state index in [0.29, 0.717) is 30.1 Å². The molecule has 128 valence electrons. The molecule has 0 atom stereocenters. The van der Waals surface area contributed by atoms with Gasteiger partial charge in [0.25, 0.3) is 0 Å². The molecule has 4 N–H and O–H groups in total. The number of hydrogen-bond donors (Lipinski definition) is 3. The zero-order valence-electron chi connectivity index (χ0n) is 12.8. The highest BCUT2D eigenvalue weighted by molar-refractivity contribution is 6.00. The summed E-state index contributed by atoms with van der Waals surface area (Å²) in [4.78, 5) is 16.0. The lowest BCUT2D eigenvalue weighted by Crippen LogP contribution is -2.19. The number of urea groups is 1. The van der Waals surface area contributed by atoms with E-state index in [4.69, 9.17) is 5.73 Å². The summed E-state index contributed by atoms with van der Waals surface area (Å²) in [6.45, 7) is 0. The molecular formula is C17H13F3N4O. The maximum atomic E-state index is 13.2. The lowest BCUT2D eigenvalue weighted by Gasteiger charge is -2.10. The van der Waals surface area contributed by atoms with Crippen molar-refractivity contribution >= 4 is 28.8 Å². The molecule has 1 aliphatic rings. The Labute approximate surface area is 141 Å². The van der Waals surface area contributed by atoms with Crippen molar-refractivity contribution in [1.82, 2.24) is 0 Å². The van der Waals surface area contributed by atoms with Gasteiger partial charge in [-0.25, -0.2) is 23.0 Å².